The zero-order valence-corrected chi connectivity index (χ0v) is 7.91. The van der Waals surface area contributed by atoms with E-state index in [1.54, 1.807) is 0 Å². The quantitative estimate of drug-likeness (QED) is 0.288. The van der Waals surface area contributed by atoms with Gasteiger partial charge in [0.1, 0.15) is 6.04 Å². The van der Waals surface area contributed by atoms with Gasteiger partial charge in [-0.15, -0.1) is 0 Å². The zero-order valence-electron chi connectivity index (χ0n) is 6.28. The van der Waals surface area contributed by atoms with Crippen LogP contribution in [0.4, 0.5) is 0 Å². The lowest BCUT2D eigenvalue weighted by molar-refractivity contribution is -0.489. The summed E-state index contributed by atoms with van der Waals surface area (Å²) in [5.41, 5.74) is 2.49. The van der Waals surface area contributed by atoms with Gasteiger partial charge in [-0.3, -0.25) is 4.99 Å². The Morgan fingerprint density at radius 2 is 2.33 bits per heavy atom. The van der Waals surface area contributed by atoms with E-state index in [0.717, 1.165) is 5.17 Å². The second-order valence-corrected chi connectivity index (χ2v) is 6.36. The SMILES string of the molecule is NNC1=[NH+][C@H]2CS(=O)(=O)C[C@H]2S1. The van der Waals surface area contributed by atoms with Crippen LogP contribution in [0, 0.1) is 0 Å². The van der Waals surface area contributed by atoms with E-state index < -0.39 is 9.84 Å². The summed E-state index contributed by atoms with van der Waals surface area (Å²) in [6.07, 6.45) is 0. The predicted octanol–water partition coefficient (Wildman–Crippen LogP) is -3.20. The Morgan fingerprint density at radius 1 is 1.58 bits per heavy atom. The number of sulfone groups is 1. The highest BCUT2D eigenvalue weighted by Crippen LogP contribution is 2.24. The molecule has 12 heavy (non-hydrogen) atoms. The smallest absolute Gasteiger partial charge is 0.263 e. The first-order valence-electron chi connectivity index (χ1n) is 3.58. The zero-order chi connectivity index (χ0) is 8.77. The minimum atomic E-state index is -2.80. The van der Waals surface area contributed by atoms with E-state index in [1.807, 2.05) is 0 Å². The molecule has 0 radical (unpaired) electrons. The highest BCUT2D eigenvalue weighted by atomic mass is 32.2. The predicted molar refractivity (Wildman–Crippen MR) is 47.1 cm³/mol. The van der Waals surface area contributed by atoms with Crippen molar-refractivity contribution in [1.82, 2.24) is 5.43 Å². The topological polar surface area (TPSA) is 86.2 Å². The van der Waals surface area contributed by atoms with Gasteiger partial charge in [0.25, 0.3) is 0 Å². The maximum Gasteiger partial charge on any atom is 0.322 e. The normalized spacial score (nSPS) is 37.6. The molecular weight excluding hydrogens is 198 g/mol. The average molecular weight is 208 g/mol. The number of fused-ring (bicyclic) bond motifs is 1. The van der Waals surface area contributed by atoms with Gasteiger partial charge in [-0.25, -0.2) is 8.42 Å². The molecule has 2 rings (SSSR count). The lowest BCUT2D eigenvalue weighted by Gasteiger charge is -1.96. The van der Waals surface area contributed by atoms with Gasteiger partial charge in [0.05, 0.1) is 16.8 Å². The van der Waals surface area contributed by atoms with Gasteiger partial charge in [-0.2, -0.15) is 11.3 Å². The molecule has 4 N–H and O–H groups in total. The third-order valence-corrected chi connectivity index (χ3v) is 5.23. The van der Waals surface area contributed by atoms with Gasteiger partial charge < -0.3 is 0 Å². The first kappa shape index (κ1) is 8.33. The van der Waals surface area contributed by atoms with Gasteiger partial charge in [0.2, 0.25) is 0 Å². The lowest BCUT2D eigenvalue weighted by atomic mass is 10.3. The maximum absolute atomic E-state index is 11.1. The summed E-state index contributed by atoms with van der Waals surface area (Å²) in [6, 6.07) is 0.0473. The molecular formula is C5H10N3O2S2+. The molecule has 1 saturated heterocycles. The van der Waals surface area contributed by atoms with Crippen molar-refractivity contribution >= 4 is 26.8 Å². The van der Waals surface area contributed by atoms with Gasteiger partial charge >= 0.3 is 5.17 Å². The van der Waals surface area contributed by atoms with E-state index in [-0.39, 0.29) is 22.8 Å². The Labute approximate surface area is 74.7 Å². The summed E-state index contributed by atoms with van der Waals surface area (Å²) in [6.45, 7) is 0. The molecule has 0 amide bonds. The van der Waals surface area contributed by atoms with E-state index in [9.17, 15) is 8.42 Å². The number of hydrogen-bond donors (Lipinski definition) is 3. The molecule has 2 atom stereocenters. The standard InChI is InChI=1S/C5H9N3O2S2/c6-8-5-7-3-1-12(9,10)2-4(3)11-5/h3-4H,1-2,6H2,(H,7,8)/p+1/t3-,4+/m0/s1. The number of amidine groups is 1. The van der Waals surface area contributed by atoms with E-state index in [1.165, 1.54) is 11.8 Å². The molecule has 2 aliphatic rings. The second-order valence-electron chi connectivity index (χ2n) is 2.96. The molecule has 0 spiro atoms. The molecule has 68 valence electrons. The Kier molecular flexibility index (Phi) is 1.81. The molecule has 0 unspecified atom stereocenters. The molecule has 0 aromatic carbocycles. The Morgan fingerprint density at radius 3 is 2.92 bits per heavy atom. The summed E-state index contributed by atoms with van der Waals surface area (Å²) in [5, 5.41) is 0.918. The summed E-state index contributed by atoms with van der Waals surface area (Å²) in [5.74, 6) is 5.68. The number of hydrogen-bond acceptors (Lipinski definition) is 5. The number of nitrogens with two attached hydrogens (primary N) is 1. The molecule has 0 bridgehead atoms. The Bertz CT molecular complexity index is 324. The average Bonchev–Trinajstić information content (AvgIpc) is 2.40. The third-order valence-electron chi connectivity index (χ3n) is 2.02. The first-order chi connectivity index (χ1) is 5.61. The Hall–Kier alpha value is -0.270. The van der Waals surface area contributed by atoms with Gasteiger partial charge in [0, 0.05) is 0 Å². The fourth-order valence-corrected chi connectivity index (χ4v) is 5.16. The van der Waals surface area contributed by atoms with E-state index in [4.69, 9.17) is 5.84 Å². The number of nitrogens with one attached hydrogen (secondary N) is 2. The third kappa shape index (κ3) is 1.32. The number of rotatable bonds is 0. The van der Waals surface area contributed by atoms with Crippen LogP contribution in [-0.4, -0.2) is 36.4 Å². The van der Waals surface area contributed by atoms with Crippen LogP contribution in [0.1, 0.15) is 0 Å². The van der Waals surface area contributed by atoms with Crippen LogP contribution in [0.15, 0.2) is 0 Å². The van der Waals surface area contributed by atoms with E-state index in [0.29, 0.717) is 0 Å². The summed E-state index contributed by atoms with van der Waals surface area (Å²) >= 11 is 1.47. The molecule has 0 saturated carbocycles. The molecule has 0 aromatic heterocycles. The maximum atomic E-state index is 11.1. The minimum Gasteiger partial charge on any atom is -0.263 e. The highest BCUT2D eigenvalue weighted by molar-refractivity contribution is 8.15. The minimum absolute atomic E-state index is 0.0473. The van der Waals surface area contributed by atoms with Gasteiger partial charge in [0.15, 0.2) is 9.84 Å². The highest BCUT2D eigenvalue weighted by Gasteiger charge is 2.45. The van der Waals surface area contributed by atoms with Crippen LogP contribution in [0.5, 0.6) is 0 Å². The fraction of sp³-hybridized carbons (Fsp3) is 0.800. The molecule has 5 nitrogen and oxygen atoms in total. The van der Waals surface area contributed by atoms with Crippen molar-refractivity contribution in [2.45, 2.75) is 11.3 Å². The molecule has 2 heterocycles. The van der Waals surface area contributed by atoms with Crippen LogP contribution < -0.4 is 16.3 Å². The van der Waals surface area contributed by atoms with Crippen molar-refractivity contribution in [2.75, 3.05) is 11.5 Å². The molecule has 2 aliphatic heterocycles. The van der Waals surface area contributed by atoms with Crippen LogP contribution >= 0.6 is 11.8 Å². The second kappa shape index (κ2) is 2.61. The number of thioether (sulfide) groups is 1. The van der Waals surface area contributed by atoms with Crippen LogP contribution in [0.25, 0.3) is 0 Å². The number of hydrazine groups is 1. The fourth-order valence-electron chi connectivity index (χ4n) is 1.50. The van der Waals surface area contributed by atoms with E-state index in [2.05, 4.69) is 10.4 Å². The monoisotopic (exact) mass is 208 g/mol. The van der Waals surface area contributed by atoms with E-state index >= 15 is 0 Å². The molecule has 0 aromatic rings. The van der Waals surface area contributed by atoms with Crippen molar-refractivity contribution in [2.24, 2.45) is 5.84 Å². The Balaban J connectivity index is 2.18. The van der Waals surface area contributed by atoms with Gasteiger partial charge in [-0.05, 0) is 11.8 Å². The molecule has 0 aliphatic carbocycles. The summed E-state index contributed by atoms with van der Waals surface area (Å²) in [4.78, 5) is 3.02. The largest absolute Gasteiger partial charge is 0.322 e. The summed E-state index contributed by atoms with van der Waals surface area (Å²) < 4.78 is 22.2. The van der Waals surface area contributed by atoms with Crippen LogP contribution in [-0.2, 0) is 9.84 Å². The van der Waals surface area contributed by atoms with Crippen LogP contribution in [0.2, 0.25) is 0 Å². The molecule has 7 heteroatoms. The van der Waals surface area contributed by atoms with Crippen molar-refractivity contribution in [1.29, 1.82) is 0 Å². The van der Waals surface area contributed by atoms with Crippen molar-refractivity contribution in [3.05, 3.63) is 0 Å². The van der Waals surface area contributed by atoms with Crippen molar-refractivity contribution in [3.63, 3.8) is 0 Å². The molecule has 1 fully saturated rings. The van der Waals surface area contributed by atoms with Crippen LogP contribution in [0.3, 0.4) is 0 Å². The summed E-state index contributed by atoms with van der Waals surface area (Å²) in [7, 11) is -2.80. The first-order valence-corrected chi connectivity index (χ1v) is 6.28. The lowest BCUT2D eigenvalue weighted by Crippen LogP contribution is -2.80. The van der Waals surface area contributed by atoms with Crippen molar-refractivity contribution < 1.29 is 13.4 Å². The van der Waals surface area contributed by atoms with Gasteiger partial charge in [-0.1, -0.05) is 0 Å². The van der Waals surface area contributed by atoms with Crippen molar-refractivity contribution in [3.8, 4) is 0 Å².